The highest BCUT2D eigenvalue weighted by atomic mass is 35.5. The molecule has 6 heteroatoms. The SMILES string of the molecule is CCC(C)c1cc(C(=O)N2CCNCC2c2cccc(Cl)c2)on1. The maximum Gasteiger partial charge on any atom is 0.293 e. The highest BCUT2D eigenvalue weighted by Crippen LogP contribution is 2.27. The summed E-state index contributed by atoms with van der Waals surface area (Å²) in [7, 11) is 0. The Bertz CT molecular complexity index is 716. The number of amides is 1. The van der Waals surface area contributed by atoms with E-state index in [0.29, 0.717) is 23.9 Å². The molecule has 1 N–H and O–H groups in total. The van der Waals surface area contributed by atoms with Crippen molar-refractivity contribution in [2.24, 2.45) is 0 Å². The first kappa shape index (κ1) is 17.0. The molecule has 2 unspecified atom stereocenters. The fraction of sp³-hybridized carbons (Fsp3) is 0.444. The summed E-state index contributed by atoms with van der Waals surface area (Å²) >= 11 is 6.11. The number of aromatic nitrogens is 1. The molecule has 0 bridgehead atoms. The van der Waals surface area contributed by atoms with Crippen molar-refractivity contribution in [3.8, 4) is 0 Å². The van der Waals surface area contributed by atoms with Crippen molar-refractivity contribution >= 4 is 17.5 Å². The number of nitrogens with one attached hydrogen (secondary N) is 1. The summed E-state index contributed by atoms with van der Waals surface area (Å²) in [5.41, 5.74) is 1.85. The lowest BCUT2D eigenvalue weighted by atomic mass is 10.0. The molecule has 2 heterocycles. The van der Waals surface area contributed by atoms with Crippen molar-refractivity contribution in [1.29, 1.82) is 0 Å². The minimum absolute atomic E-state index is 0.0675. The Kier molecular flexibility index (Phi) is 5.21. The number of nitrogens with zero attached hydrogens (tertiary/aromatic N) is 2. The zero-order valence-corrected chi connectivity index (χ0v) is 14.7. The number of carbonyl (C=O) groups excluding carboxylic acids is 1. The van der Waals surface area contributed by atoms with Crippen molar-refractivity contribution in [3.05, 3.63) is 52.4 Å². The zero-order valence-electron chi connectivity index (χ0n) is 14.0. The molecular weight excluding hydrogens is 326 g/mol. The van der Waals surface area contributed by atoms with Crippen molar-refractivity contribution in [2.45, 2.75) is 32.2 Å². The normalized spacial score (nSPS) is 19.3. The van der Waals surface area contributed by atoms with Gasteiger partial charge < -0.3 is 14.7 Å². The van der Waals surface area contributed by atoms with Gasteiger partial charge in [0.25, 0.3) is 5.91 Å². The molecule has 1 fully saturated rings. The van der Waals surface area contributed by atoms with Gasteiger partial charge in [-0.25, -0.2) is 0 Å². The first-order valence-corrected chi connectivity index (χ1v) is 8.71. The van der Waals surface area contributed by atoms with E-state index in [1.165, 1.54) is 0 Å². The summed E-state index contributed by atoms with van der Waals surface area (Å²) in [6.45, 7) is 6.24. The van der Waals surface area contributed by atoms with Gasteiger partial charge in [-0.1, -0.05) is 42.7 Å². The van der Waals surface area contributed by atoms with E-state index in [0.717, 1.165) is 24.2 Å². The van der Waals surface area contributed by atoms with Crippen LogP contribution in [0, 0.1) is 0 Å². The fourth-order valence-electron chi connectivity index (χ4n) is 2.93. The quantitative estimate of drug-likeness (QED) is 0.917. The molecule has 5 nitrogen and oxygen atoms in total. The van der Waals surface area contributed by atoms with Gasteiger partial charge in [0.05, 0.1) is 11.7 Å². The predicted octanol–water partition coefficient (Wildman–Crippen LogP) is 3.63. The minimum Gasteiger partial charge on any atom is -0.351 e. The van der Waals surface area contributed by atoms with Crippen LogP contribution in [-0.2, 0) is 0 Å². The molecule has 0 aliphatic carbocycles. The Morgan fingerprint density at radius 1 is 1.50 bits per heavy atom. The Balaban J connectivity index is 1.85. The van der Waals surface area contributed by atoms with Gasteiger partial charge in [-0.15, -0.1) is 0 Å². The van der Waals surface area contributed by atoms with E-state index < -0.39 is 0 Å². The first-order chi connectivity index (χ1) is 11.6. The molecule has 0 spiro atoms. The molecule has 1 saturated heterocycles. The largest absolute Gasteiger partial charge is 0.351 e. The second-order valence-corrected chi connectivity index (χ2v) is 6.64. The maximum absolute atomic E-state index is 12.9. The summed E-state index contributed by atoms with van der Waals surface area (Å²) in [6.07, 6.45) is 0.957. The monoisotopic (exact) mass is 347 g/mol. The second-order valence-electron chi connectivity index (χ2n) is 6.20. The third-order valence-corrected chi connectivity index (χ3v) is 4.83. The third-order valence-electron chi connectivity index (χ3n) is 4.59. The van der Waals surface area contributed by atoms with Gasteiger partial charge in [0, 0.05) is 36.6 Å². The van der Waals surface area contributed by atoms with Crippen LogP contribution in [0.5, 0.6) is 0 Å². The Hall–Kier alpha value is -1.85. The smallest absolute Gasteiger partial charge is 0.293 e. The van der Waals surface area contributed by atoms with Crippen LogP contribution < -0.4 is 5.32 Å². The van der Waals surface area contributed by atoms with E-state index in [2.05, 4.69) is 24.3 Å². The second kappa shape index (κ2) is 7.36. The highest BCUT2D eigenvalue weighted by molar-refractivity contribution is 6.30. The van der Waals surface area contributed by atoms with Gasteiger partial charge in [-0.2, -0.15) is 0 Å². The van der Waals surface area contributed by atoms with E-state index in [1.54, 1.807) is 6.07 Å². The van der Waals surface area contributed by atoms with Crippen LogP contribution in [0.2, 0.25) is 5.02 Å². The lowest BCUT2D eigenvalue weighted by Crippen LogP contribution is -2.48. The molecule has 3 rings (SSSR count). The Morgan fingerprint density at radius 2 is 2.33 bits per heavy atom. The van der Waals surface area contributed by atoms with Crippen molar-refractivity contribution in [1.82, 2.24) is 15.4 Å². The van der Waals surface area contributed by atoms with Crippen molar-refractivity contribution < 1.29 is 9.32 Å². The lowest BCUT2D eigenvalue weighted by molar-refractivity contribution is 0.0592. The number of hydrogen-bond donors (Lipinski definition) is 1. The molecule has 1 aromatic heterocycles. The summed E-state index contributed by atoms with van der Waals surface area (Å²) in [4.78, 5) is 14.8. The van der Waals surface area contributed by atoms with Crippen LogP contribution in [0.25, 0.3) is 0 Å². The molecule has 2 atom stereocenters. The van der Waals surface area contributed by atoms with Gasteiger partial charge in [0.1, 0.15) is 0 Å². The number of carbonyl (C=O) groups is 1. The molecule has 1 aliphatic heterocycles. The predicted molar refractivity (Wildman–Crippen MR) is 93.3 cm³/mol. The molecule has 0 radical (unpaired) electrons. The summed E-state index contributed by atoms with van der Waals surface area (Å²) in [6, 6.07) is 9.35. The van der Waals surface area contributed by atoms with Crippen LogP contribution in [-0.4, -0.2) is 35.6 Å². The van der Waals surface area contributed by atoms with Gasteiger partial charge in [-0.3, -0.25) is 4.79 Å². The molecule has 128 valence electrons. The summed E-state index contributed by atoms with van der Waals surface area (Å²) in [5.74, 6) is 0.463. The van der Waals surface area contributed by atoms with Crippen molar-refractivity contribution in [3.63, 3.8) is 0 Å². The van der Waals surface area contributed by atoms with Crippen LogP contribution in [0.1, 0.15) is 54.0 Å². The lowest BCUT2D eigenvalue weighted by Gasteiger charge is -2.36. The third kappa shape index (κ3) is 3.47. The van der Waals surface area contributed by atoms with E-state index >= 15 is 0 Å². The number of piperazine rings is 1. The number of rotatable bonds is 4. The molecule has 1 amide bonds. The molecule has 24 heavy (non-hydrogen) atoms. The molecule has 2 aromatic rings. The number of halogens is 1. The zero-order chi connectivity index (χ0) is 17.1. The highest BCUT2D eigenvalue weighted by Gasteiger charge is 2.31. The Morgan fingerprint density at radius 3 is 3.08 bits per heavy atom. The molecule has 0 saturated carbocycles. The average Bonchev–Trinajstić information content (AvgIpc) is 3.10. The van der Waals surface area contributed by atoms with E-state index in [9.17, 15) is 4.79 Å². The fourth-order valence-corrected chi connectivity index (χ4v) is 3.13. The maximum atomic E-state index is 12.9. The standard InChI is InChI=1S/C18H22ClN3O2/c1-3-12(2)15-10-17(24-21-15)18(23)22-8-7-20-11-16(22)13-5-4-6-14(19)9-13/h4-6,9-10,12,16,20H,3,7-8,11H2,1-2H3. The summed E-state index contributed by atoms with van der Waals surface area (Å²) < 4.78 is 5.32. The van der Waals surface area contributed by atoms with Gasteiger partial charge in [0.15, 0.2) is 0 Å². The van der Waals surface area contributed by atoms with Crippen molar-refractivity contribution in [2.75, 3.05) is 19.6 Å². The summed E-state index contributed by atoms with van der Waals surface area (Å²) in [5, 5.41) is 8.06. The van der Waals surface area contributed by atoms with Gasteiger partial charge >= 0.3 is 0 Å². The molecule has 1 aliphatic rings. The molecule has 1 aromatic carbocycles. The number of hydrogen-bond acceptors (Lipinski definition) is 4. The first-order valence-electron chi connectivity index (χ1n) is 8.34. The van der Waals surface area contributed by atoms with Gasteiger partial charge in [0.2, 0.25) is 5.76 Å². The Labute approximate surface area is 147 Å². The van der Waals surface area contributed by atoms with E-state index in [-0.39, 0.29) is 17.9 Å². The average molecular weight is 348 g/mol. The molecular formula is C18H22ClN3O2. The van der Waals surface area contributed by atoms with Crippen LogP contribution in [0.4, 0.5) is 0 Å². The van der Waals surface area contributed by atoms with Crippen LogP contribution in [0.15, 0.2) is 34.9 Å². The van der Waals surface area contributed by atoms with Crippen LogP contribution in [0.3, 0.4) is 0 Å². The minimum atomic E-state index is -0.122. The topological polar surface area (TPSA) is 58.4 Å². The van der Waals surface area contributed by atoms with Gasteiger partial charge in [-0.05, 0) is 24.1 Å². The number of benzene rings is 1. The van der Waals surface area contributed by atoms with E-state index in [4.69, 9.17) is 16.1 Å². The van der Waals surface area contributed by atoms with E-state index in [1.807, 2.05) is 29.2 Å². The van der Waals surface area contributed by atoms with Crippen LogP contribution >= 0.6 is 11.6 Å².